The molecule has 29 heavy (non-hydrogen) atoms. The first kappa shape index (κ1) is 22.0. The summed E-state index contributed by atoms with van der Waals surface area (Å²) in [7, 11) is 0. The number of ether oxygens (including phenoxy) is 2. The van der Waals surface area contributed by atoms with Crippen molar-refractivity contribution in [2.45, 2.75) is 19.1 Å². The standard InChI is InChI=1S/C17H16F3NO2.C2H2O4/c18-17(19,20)14-4-1-13(2-5-14)10-21-8-7-12-3-6-15-16(9-12)23-11-22-15;3-1(4)2(5)6/h1-6,9,21H,7-8,10-11H2;(H,3,4)(H,5,6). The number of halogens is 3. The average Bonchev–Trinajstić information content (AvgIpc) is 3.13. The highest BCUT2D eigenvalue weighted by molar-refractivity contribution is 6.27. The van der Waals surface area contributed by atoms with Crippen LogP contribution >= 0.6 is 0 Å². The van der Waals surface area contributed by atoms with Gasteiger partial charge in [-0.2, -0.15) is 13.2 Å². The van der Waals surface area contributed by atoms with E-state index in [9.17, 15) is 13.2 Å². The smallest absolute Gasteiger partial charge is 0.416 e. The van der Waals surface area contributed by atoms with E-state index in [4.69, 9.17) is 29.3 Å². The number of carboxylic acids is 2. The molecule has 1 aliphatic heterocycles. The number of aliphatic carboxylic acids is 2. The lowest BCUT2D eigenvalue weighted by molar-refractivity contribution is -0.159. The summed E-state index contributed by atoms with van der Waals surface area (Å²) in [5.41, 5.74) is 1.32. The zero-order valence-electron chi connectivity index (χ0n) is 15.0. The van der Waals surface area contributed by atoms with Crippen LogP contribution in [0.4, 0.5) is 13.2 Å². The van der Waals surface area contributed by atoms with Gasteiger partial charge in [-0.05, 0) is 48.4 Å². The van der Waals surface area contributed by atoms with Crippen LogP contribution in [0.3, 0.4) is 0 Å². The molecule has 0 radical (unpaired) electrons. The van der Waals surface area contributed by atoms with E-state index in [1.807, 2.05) is 18.2 Å². The number of carboxylic acid groups (broad SMARTS) is 2. The van der Waals surface area contributed by atoms with Crippen LogP contribution in [0.15, 0.2) is 42.5 Å². The van der Waals surface area contributed by atoms with Gasteiger partial charge in [-0.25, -0.2) is 9.59 Å². The van der Waals surface area contributed by atoms with Crippen LogP contribution in [0, 0.1) is 0 Å². The molecule has 1 heterocycles. The molecule has 0 spiro atoms. The Labute approximate surface area is 163 Å². The van der Waals surface area contributed by atoms with Gasteiger partial charge in [0.25, 0.3) is 0 Å². The van der Waals surface area contributed by atoms with Gasteiger partial charge >= 0.3 is 18.1 Å². The Morgan fingerprint density at radius 2 is 1.52 bits per heavy atom. The number of benzene rings is 2. The molecule has 7 nitrogen and oxygen atoms in total. The number of fused-ring (bicyclic) bond motifs is 1. The van der Waals surface area contributed by atoms with Gasteiger partial charge < -0.3 is 25.0 Å². The minimum atomic E-state index is -4.29. The van der Waals surface area contributed by atoms with Crippen molar-refractivity contribution >= 4 is 11.9 Å². The molecule has 156 valence electrons. The minimum Gasteiger partial charge on any atom is -0.473 e. The highest BCUT2D eigenvalue weighted by Crippen LogP contribution is 2.32. The van der Waals surface area contributed by atoms with Gasteiger partial charge in [-0.15, -0.1) is 0 Å². The summed E-state index contributed by atoms with van der Waals surface area (Å²) in [4.78, 5) is 18.2. The molecule has 2 aromatic carbocycles. The summed E-state index contributed by atoms with van der Waals surface area (Å²) in [6.07, 6.45) is -3.48. The first-order valence-electron chi connectivity index (χ1n) is 8.38. The molecule has 2 aromatic rings. The van der Waals surface area contributed by atoms with Crippen molar-refractivity contribution in [3.8, 4) is 11.5 Å². The largest absolute Gasteiger partial charge is 0.473 e. The van der Waals surface area contributed by atoms with Crippen molar-refractivity contribution in [2.75, 3.05) is 13.3 Å². The Balaban J connectivity index is 0.000000438. The van der Waals surface area contributed by atoms with Crippen LogP contribution < -0.4 is 14.8 Å². The lowest BCUT2D eigenvalue weighted by Gasteiger charge is -2.09. The summed E-state index contributed by atoms with van der Waals surface area (Å²) in [6, 6.07) is 11.0. The van der Waals surface area contributed by atoms with Crippen LogP contribution in [0.2, 0.25) is 0 Å². The summed E-state index contributed by atoms with van der Waals surface area (Å²) < 4.78 is 48.0. The number of hydrogen-bond acceptors (Lipinski definition) is 5. The van der Waals surface area contributed by atoms with Crippen molar-refractivity contribution in [1.82, 2.24) is 5.32 Å². The second kappa shape index (κ2) is 9.78. The normalized spacial score (nSPS) is 12.1. The van der Waals surface area contributed by atoms with E-state index in [0.717, 1.165) is 47.7 Å². The number of alkyl halides is 3. The monoisotopic (exact) mass is 413 g/mol. The van der Waals surface area contributed by atoms with E-state index in [1.165, 1.54) is 12.1 Å². The molecule has 0 bridgehead atoms. The van der Waals surface area contributed by atoms with E-state index in [0.29, 0.717) is 6.54 Å². The number of nitrogens with one attached hydrogen (secondary N) is 1. The van der Waals surface area contributed by atoms with Crippen molar-refractivity contribution in [2.24, 2.45) is 0 Å². The van der Waals surface area contributed by atoms with Gasteiger partial charge in [-0.3, -0.25) is 0 Å². The quantitative estimate of drug-likeness (QED) is 0.511. The van der Waals surface area contributed by atoms with Gasteiger partial charge in [0.2, 0.25) is 6.79 Å². The Bertz CT molecular complexity index is 840. The van der Waals surface area contributed by atoms with E-state index < -0.39 is 23.7 Å². The highest BCUT2D eigenvalue weighted by atomic mass is 19.4. The van der Waals surface area contributed by atoms with Crippen molar-refractivity contribution < 1.29 is 42.4 Å². The first-order chi connectivity index (χ1) is 13.7. The van der Waals surface area contributed by atoms with Crippen molar-refractivity contribution in [3.05, 3.63) is 59.2 Å². The lowest BCUT2D eigenvalue weighted by Crippen LogP contribution is -2.16. The minimum absolute atomic E-state index is 0.255. The van der Waals surface area contributed by atoms with Gasteiger partial charge in [0, 0.05) is 6.54 Å². The van der Waals surface area contributed by atoms with Gasteiger partial charge in [-0.1, -0.05) is 18.2 Å². The fraction of sp³-hybridized carbons (Fsp3) is 0.263. The molecule has 3 N–H and O–H groups in total. The molecule has 0 saturated carbocycles. The molecule has 0 aromatic heterocycles. The molecule has 10 heteroatoms. The maximum Gasteiger partial charge on any atom is 0.416 e. The van der Waals surface area contributed by atoms with Crippen molar-refractivity contribution in [1.29, 1.82) is 0 Å². The van der Waals surface area contributed by atoms with Gasteiger partial charge in [0.1, 0.15) is 0 Å². The SMILES string of the molecule is FC(F)(F)c1ccc(CNCCc2ccc3c(c2)OCO3)cc1.O=C(O)C(=O)O. The number of hydrogen-bond donors (Lipinski definition) is 3. The molecule has 0 atom stereocenters. The highest BCUT2D eigenvalue weighted by Gasteiger charge is 2.29. The van der Waals surface area contributed by atoms with E-state index in [-0.39, 0.29) is 6.79 Å². The fourth-order valence-electron chi connectivity index (χ4n) is 2.37. The molecule has 0 unspecified atom stereocenters. The molecule has 0 fully saturated rings. The zero-order chi connectivity index (χ0) is 21.4. The summed E-state index contributed by atoms with van der Waals surface area (Å²) in [5.74, 6) is -2.14. The predicted molar refractivity (Wildman–Crippen MR) is 94.7 cm³/mol. The van der Waals surface area contributed by atoms with Crippen LogP contribution in [0.1, 0.15) is 16.7 Å². The number of rotatable bonds is 5. The third kappa shape index (κ3) is 7.00. The summed E-state index contributed by atoms with van der Waals surface area (Å²) in [5, 5.41) is 18.0. The number of carbonyl (C=O) groups is 2. The van der Waals surface area contributed by atoms with E-state index in [2.05, 4.69) is 5.32 Å². The Hall–Kier alpha value is -3.27. The molecule has 0 amide bonds. The van der Waals surface area contributed by atoms with Gasteiger partial charge in [0.05, 0.1) is 5.56 Å². The topological polar surface area (TPSA) is 105 Å². The Morgan fingerprint density at radius 1 is 0.931 bits per heavy atom. The maximum atomic E-state index is 12.5. The second-order valence-corrected chi connectivity index (χ2v) is 5.92. The van der Waals surface area contributed by atoms with Crippen LogP contribution in [0.25, 0.3) is 0 Å². The summed E-state index contributed by atoms with van der Waals surface area (Å²) >= 11 is 0. The average molecular weight is 413 g/mol. The van der Waals surface area contributed by atoms with Crippen LogP contribution in [-0.2, 0) is 28.7 Å². The van der Waals surface area contributed by atoms with E-state index in [1.54, 1.807) is 0 Å². The Morgan fingerprint density at radius 3 is 2.10 bits per heavy atom. The predicted octanol–water partition coefficient (Wildman–Crippen LogP) is 2.92. The lowest BCUT2D eigenvalue weighted by atomic mass is 10.1. The molecular formula is C19H18F3NO6. The fourth-order valence-corrected chi connectivity index (χ4v) is 2.37. The van der Waals surface area contributed by atoms with Crippen LogP contribution in [0.5, 0.6) is 11.5 Å². The second-order valence-electron chi connectivity index (χ2n) is 5.92. The third-order valence-corrected chi connectivity index (χ3v) is 3.82. The summed E-state index contributed by atoms with van der Waals surface area (Å²) in [6.45, 7) is 1.51. The zero-order valence-corrected chi connectivity index (χ0v) is 15.0. The van der Waals surface area contributed by atoms with Gasteiger partial charge in [0.15, 0.2) is 11.5 Å². The van der Waals surface area contributed by atoms with Crippen molar-refractivity contribution in [3.63, 3.8) is 0 Å². The Kier molecular flexibility index (Phi) is 7.43. The third-order valence-electron chi connectivity index (χ3n) is 3.82. The van der Waals surface area contributed by atoms with Crippen LogP contribution in [-0.4, -0.2) is 35.5 Å². The molecule has 1 aliphatic rings. The maximum absolute atomic E-state index is 12.5. The molecule has 3 rings (SSSR count). The molecule has 0 aliphatic carbocycles. The van der Waals surface area contributed by atoms with E-state index >= 15 is 0 Å². The first-order valence-corrected chi connectivity index (χ1v) is 8.38. The molecule has 0 saturated heterocycles. The molecular weight excluding hydrogens is 395 g/mol.